The summed E-state index contributed by atoms with van der Waals surface area (Å²) in [6.07, 6.45) is 0. The number of aryl methyl sites for hydroxylation is 1. The van der Waals surface area contributed by atoms with Crippen molar-refractivity contribution < 1.29 is 98.6 Å². The van der Waals surface area contributed by atoms with Crippen LogP contribution in [-0.4, -0.2) is 34.4 Å². The zero-order valence-electron chi connectivity index (χ0n) is 21.8. The molecule has 4 aromatic carbocycles. The summed E-state index contributed by atoms with van der Waals surface area (Å²) in [4.78, 5) is -2.26. The Hall–Kier alpha value is -2.09. The minimum atomic E-state index is -5.21. The summed E-state index contributed by atoms with van der Waals surface area (Å²) in [7, 11) is -14.8. The molecule has 0 bridgehead atoms. The molecule has 0 aliphatic carbocycles. The summed E-state index contributed by atoms with van der Waals surface area (Å²) in [5.74, 6) is -1.23. The summed E-state index contributed by atoms with van der Waals surface area (Å²) in [6, 6.07) is 13.2. The molecule has 0 spiro atoms. The standard InChI is InChI=1S/C23H20N4O9S3.2Na/c1-13-2-8-17(9-3-13)37(29,30)27-19-12-18(38(31,32)33)10-14-11-20(39(34,35)36)22(23(28)21(14)19)26-25-16-6-4-15(24)5-7-16;;/h2-12,27-28H,24H2,1H3,(H,31,32,33)(H,34,35,36);;/q;2*+1/p-2. The smallest absolute Gasteiger partial charge is 0.870 e. The molecule has 0 unspecified atom stereocenters. The molecule has 0 saturated carbocycles. The number of nitrogen functional groups attached to an aromatic ring is 1. The molecule has 0 fully saturated rings. The van der Waals surface area contributed by atoms with Crippen LogP contribution < -0.4 is 74.7 Å². The van der Waals surface area contributed by atoms with E-state index in [0.717, 1.165) is 5.56 Å². The monoisotopic (exact) mass is 636 g/mol. The van der Waals surface area contributed by atoms with Crippen LogP contribution in [0.4, 0.5) is 22.7 Å². The molecular weight excluding hydrogens is 618 g/mol. The van der Waals surface area contributed by atoms with Crippen LogP contribution >= 0.6 is 0 Å². The van der Waals surface area contributed by atoms with Gasteiger partial charge < -0.3 is 15.4 Å². The summed E-state index contributed by atoms with van der Waals surface area (Å²) >= 11 is 0. The fourth-order valence-corrected chi connectivity index (χ4v) is 5.78. The first-order valence-corrected chi connectivity index (χ1v) is 15.0. The maximum atomic E-state index is 13.5. The van der Waals surface area contributed by atoms with Gasteiger partial charge >= 0.3 is 59.1 Å². The first kappa shape index (κ1) is 35.1. The molecular formula is C23H18N4Na2O9S3. The zero-order valence-corrected chi connectivity index (χ0v) is 28.2. The predicted octanol–water partition coefficient (Wildman–Crippen LogP) is -2.82. The molecule has 0 amide bonds. The zero-order chi connectivity index (χ0) is 28.8. The van der Waals surface area contributed by atoms with Crippen molar-refractivity contribution in [2.24, 2.45) is 10.2 Å². The number of hydrogen-bond acceptors (Lipinski definition) is 11. The number of rotatable bonds is 7. The van der Waals surface area contributed by atoms with Gasteiger partial charge in [0.1, 0.15) is 15.0 Å². The molecule has 4 N–H and O–H groups in total. The Morgan fingerprint density at radius 2 is 1.41 bits per heavy atom. The molecule has 41 heavy (non-hydrogen) atoms. The van der Waals surface area contributed by atoms with E-state index in [-0.39, 0.29) is 69.7 Å². The van der Waals surface area contributed by atoms with Gasteiger partial charge in [-0.2, -0.15) is 13.5 Å². The van der Waals surface area contributed by atoms with Gasteiger partial charge in [-0.1, -0.05) is 23.4 Å². The van der Waals surface area contributed by atoms with Crippen molar-refractivity contribution in [3.63, 3.8) is 0 Å². The molecule has 0 aliphatic heterocycles. The summed E-state index contributed by atoms with van der Waals surface area (Å²) in [5.41, 5.74) is 5.35. The number of sulfonamides is 1. The molecule has 0 heterocycles. The number of fused-ring (bicyclic) bond motifs is 1. The number of anilines is 2. The van der Waals surface area contributed by atoms with Crippen LogP contribution in [0.3, 0.4) is 0 Å². The predicted molar refractivity (Wildman–Crippen MR) is 138 cm³/mol. The van der Waals surface area contributed by atoms with Gasteiger partial charge in [-0.25, -0.2) is 16.8 Å². The van der Waals surface area contributed by atoms with Crippen LogP contribution in [0.2, 0.25) is 0 Å². The molecule has 0 saturated heterocycles. The maximum Gasteiger partial charge on any atom is 1.00 e. The molecule has 0 atom stereocenters. The van der Waals surface area contributed by atoms with Gasteiger partial charge in [0.15, 0.2) is 0 Å². The van der Waals surface area contributed by atoms with Crippen LogP contribution in [0.15, 0.2) is 91.6 Å². The fraction of sp³-hybridized carbons (Fsp3) is 0.0435. The van der Waals surface area contributed by atoms with Gasteiger partial charge in [-0.3, -0.25) is 9.27 Å². The molecule has 204 valence electrons. The average molecular weight is 637 g/mol. The SMILES string of the molecule is Cc1ccc(S(=O)(=O)Nc2cc(S(=O)(=O)[O-])cc3cc(S(=O)(=O)O)c(N=Nc4ccc(N)cc4)c([O-])c23)cc1.[Na+].[Na+]. The van der Waals surface area contributed by atoms with E-state index < -0.39 is 67.9 Å². The third-order valence-corrected chi connectivity index (χ3v) is 8.47. The fourth-order valence-electron chi connectivity index (χ4n) is 3.53. The van der Waals surface area contributed by atoms with Gasteiger partial charge in [0.2, 0.25) is 0 Å². The summed E-state index contributed by atoms with van der Waals surface area (Å²) < 4.78 is 97.6. The largest absolute Gasteiger partial charge is 1.00 e. The Morgan fingerprint density at radius 3 is 1.95 bits per heavy atom. The second-order valence-corrected chi connectivity index (χ2v) is 12.7. The van der Waals surface area contributed by atoms with E-state index in [1.165, 1.54) is 48.5 Å². The Bertz CT molecular complexity index is 1970. The minimum Gasteiger partial charge on any atom is -0.870 e. The Balaban J connectivity index is 0.00000294. The number of hydrogen-bond donors (Lipinski definition) is 3. The third-order valence-electron chi connectivity index (χ3n) is 5.41. The van der Waals surface area contributed by atoms with Crippen molar-refractivity contribution in [2.75, 3.05) is 10.5 Å². The van der Waals surface area contributed by atoms with Gasteiger partial charge in [0, 0.05) is 11.1 Å². The van der Waals surface area contributed by atoms with E-state index in [9.17, 15) is 39.5 Å². The van der Waals surface area contributed by atoms with E-state index >= 15 is 0 Å². The normalized spacial score (nSPS) is 12.1. The number of benzene rings is 4. The Kier molecular flexibility index (Phi) is 11.2. The van der Waals surface area contributed by atoms with Crippen LogP contribution in [0, 0.1) is 6.92 Å². The maximum absolute atomic E-state index is 13.5. The average Bonchev–Trinajstić information content (AvgIpc) is 2.83. The number of nitrogens with two attached hydrogens (primary N) is 1. The van der Waals surface area contributed by atoms with Crippen molar-refractivity contribution >= 4 is 63.8 Å². The van der Waals surface area contributed by atoms with E-state index in [1.807, 2.05) is 0 Å². The van der Waals surface area contributed by atoms with Crippen molar-refractivity contribution in [3.8, 4) is 5.75 Å². The number of azo groups is 1. The van der Waals surface area contributed by atoms with Crippen molar-refractivity contribution in [2.45, 2.75) is 21.6 Å². The van der Waals surface area contributed by atoms with E-state index in [2.05, 4.69) is 15.0 Å². The third kappa shape index (κ3) is 8.05. The van der Waals surface area contributed by atoms with Crippen LogP contribution in [0.5, 0.6) is 5.75 Å². The summed E-state index contributed by atoms with van der Waals surface area (Å²) in [6.45, 7) is 1.72. The number of nitrogens with zero attached hydrogens (tertiary/aromatic N) is 2. The van der Waals surface area contributed by atoms with E-state index in [0.29, 0.717) is 23.9 Å². The molecule has 4 aromatic rings. The first-order chi connectivity index (χ1) is 18.1. The van der Waals surface area contributed by atoms with Crippen molar-refractivity contribution in [1.29, 1.82) is 0 Å². The molecule has 18 heteroatoms. The molecule has 4 rings (SSSR count). The second-order valence-electron chi connectivity index (χ2n) is 8.26. The van der Waals surface area contributed by atoms with Crippen LogP contribution in [0.1, 0.15) is 5.56 Å². The topological polar surface area (TPSA) is 232 Å². The van der Waals surface area contributed by atoms with Gasteiger partial charge in [0.25, 0.3) is 20.1 Å². The van der Waals surface area contributed by atoms with Crippen LogP contribution in [0.25, 0.3) is 10.8 Å². The molecule has 0 aliphatic rings. The molecule has 0 radical (unpaired) electrons. The minimum absolute atomic E-state index is 0. The molecule has 0 aromatic heterocycles. The second kappa shape index (κ2) is 13.0. The Morgan fingerprint density at radius 1 is 0.829 bits per heavy atom. The van der Waals surface area contributed by atoms with Gasteiger partial charge in [0.05, 0.1) is 26.9 Å². The Labute approximate surface area is 280 Å². The summed E-state index contributed by atoms with van der Waals surface area (Å²) in [5, 5.41) is 20.0. The van der Waals surface area contributed by atoms with Gasteiger partial charge in [-0.05, 0) is 66.9 Å². The van der Waals surface area contributed by atoms with Crippen LogP contribution in [-0.2, 0) is 30.3 Å². The van der Waals surface area contributed by atoms with Crippen molar-refractivity contribution in [3.05, 3.63) is 72.3 Å². The van der Waals surface area contributed by atoms with Gasteiger partial charge in [-0.15, -0.1) is 5.11 Å². The van der Waals surface area contributed by atoms with E-state index in [4.69, 9.17) is 5.73 Å². The first-order valence-electron chi connectivity index (χ1n) is 10.7. The van der Waals surface area contributed by atoms with E-state index in [1.54, 1.807) is 6.92 Å². The quantitative estimate of drug-likeness (QED) is 0.0815. The molecule has 13 nitrogen and oxygen atoms in total. The van der Waals surface area contributed by atoms with Crippen molar-refractivity contribution in [1.82, 2.24) is 0 Å². The number of nitrogens with one attached hydrogen (secondary N) is 1.